The van der Waals surface area contributed by atoms with Crippen LogP contribution in [0.2, 0.25) is 0 Å². The van der Waals surface area contributed by atoms with E-state index < -0.39 is 0 Å². The Morgan fingerprint density at radius 3 is 2.71 bits per heavy atom. The zero-order valence-corrected chi connectivity index (χ0v) is 18.1. The van der Waals surface area contributed by atoms with Crippen molar-refractivity contribution in [3.63, 3.8) is 0 Å². The van der Waals surface area contributed by atoms with Gasteiger partial charge in [0.15, 0.2) is 0 Å². The summed E-state index contributed by atoms with van der Waals surface area (Å²) in [5.41, 5.74) is 2.58. The van der Waals surface area contributed by atoms with Crippen LogP contribution >= 0.6 is 11.3 Å². The fourth-order valence-electron chi connectivity index (χ4n) is 4.40. The molecule has 7 heteroatoms. The Balaban J connectivity index is 1.41. The van der Waals surface area contributed by atoms with Gasteiger partial charge in [-0.2, -0.15) is 0 Å². The number of carbonyl (C=O) groups excluding carboxylic acids is 1. The first-order valence-electron chi connectivity index (χ1n) is 11.0. The Labute approximate surface area is 185 Å². The molecule has 2 aromatic heterocycles. The molecule has 1 aliphatic carbocycles. The second kappa shape index (κ2) is 8.75. The highest BCUT2D eigenvalue weighted by Gasteiger charge is 2.28. The maximum absolute atomic E-state index is 13.3. The summed E-state index contributed by atoms with van der Waals surface area (Å²) in [6.45, 7) is 1.63. The summed E-state index contributed by atoms with van der Waals surface area (Å²) in [7, 11) is 0. The molecule has 5 rings (SSSR count). The number of benzene rings is 1. The van der Waals surface area contributed by atoms with Crippen molar-refractivity contribution in [2.24, 2.45) is 0 Å². The van der Waals surface area contributed by atoms with Gasteiger partial charge in [-0.15, -0.1) is 11.3 Å². The lowest BCUT2D eigenvalue weighted by molar-refractivity contribution is 0.0725. The number of anilines is 1. The summed E-state index contributed by atoms with van der Waals surface area (Å²) in [6.07, 6.45) is 8.02. The van der Waals surface area contributed by atoms with E-state index in [9.17, 15) is 9.18 Å². The number of amides is 1. The van der Waals surface area contributed by atoms with Crippen LogP contribution in [0.3, 0.4) is 0 Å². The van der Waals surface area contributed by atoms with Gasteiger partial charge in [0.2, 0.25) is 0 Å². The van der Waals surface area contributed by atoms with Gasteiger partial charge in [0, 0.05) is 29.7 Å². The minimum absolute atomic E-state index is 0.0111. The third-order valence-electron chi connectivity index (χ3n) is 6.04. The number of hydrogen-bond donors (Lipinski definition) is 1. The van der Waals surface area contributed by atoms with E-state index in [0.29, 0.717) is 11.4 Å². The molecule has 1 fully saturated rings. The molecule has 1 amide bonds. The molecule has 1 N–H and O–H groups in total. The van der Waals surface area contributed by atoms with Crippen molar-refractivity contribution >= 4 is 23.1 Å². The number of nitrogens with zero attached hydrogens (tertiary/aromatic N) is 3. The zero-order chi connectivity index (χ0) is 21.2. The number of likely N-dealkylation sites (tertiary alicyclic amines) is 1. The lowest BCUT2D eigenvalue weighted by Gasteiger charge is -2.28. The molecule has 160 valence electrons. The van der Waals surface area contributed by atoms with Crippen molar-refractivity contribution in [1.82, 2.24) is 14.9 Å². The molecule has 31 heavy (non-hydrogen) atoms. The Kier molecular flexibility index (Phi) is 5.68. The Hall–Kier alpha value is -2.80. The Bertz CT molecular complexity index is 1080. The van der Waals surface area contributed by atoms with Gasteiger partial charge in [-0.3, -0.25) is 4.79 Å². The topological polar surface area (TPSA) is 58.1 Å². The normalized spacial score (nSPS) is 18.5. The quantitative estimate of drug-likeness (QED) is 0.590. The molecule has 3 heterocycles. The third-order valence-corrected chi connectivity index (χ3v) is 7.22. The van der Waals surface area contributed by atoms with E-state index in [1.807, 2.05) is 17.0 Å². The van der Waals surface area contributed by atoms with Crippen molar-refractivity contribution in [3.8, 4) is 10.6 Å². The van der Waals surface area contributed by atoms with Crippen molar-refractivity contribution in [2.45, 2.75) is 44.6 Å². The molecule has 1 atom stereocenters. The number of thiazole rings is 1. The van der Waals surface area contributed by atoms with E-state index in [1.54, 1.807) is 29.7 Å². The summed E-state index contributed by atoms with van der Waals surface area (Å²) in [5, 5.41) is 4.43. The van der Waals surface area contributed by atoms with E-state index in [1.165, 1.54) is 23.4 Å². The summed E-state index contributed by atoms with van der Waals surface area (Å²) in [5.74, 6) is 0.439. The van der Waals surface area contributed by atoms with Crippen LogP contribution in [0.1, 0.15) is 59.1 Å². The van der Waals surface area contributed by atoms with Gasteiger partial charge in [-0.1, -0.05) is 0 Å². The number of fused-ring (bicyclic) bond motifs is 1. The second-order valence-corrected chi connectivity index (χ2v) is 9.26. The molecule has 1 saturated heterocycles. The van der Waals surface area contributed by atoms with Crippen LogP contribution in [-0.4, -0.2) is 33.9 Å². The first-order chi connectivity index (χ1) is 15.2. The number of nitrogens with one attached hydrogen (secondary N) is 1. The maximum Gasteiger partial charge on any atom is 0.257 e. The molecule has 1 unspecified atom stereocenters. The Morgan fingerprint density at radius 2 is 1.90 bits per heavy atom. The number of carbonyl (C=O) groups is 1. The first-order valence-corrected chi connectivity index (χ1v) is 11.8. The van der Waals surface area contributed by atoms with Crippen LogP contribution in [0, 0.1) is 5.82 Å². The number of halogens is 1. The summed E-state index contributed by atoms with van der Waals surface area (Å²) in [4.78, 5) is 25.7. The van der Waals surface area contributed by atoms with Gasteiger partial charge < -0.3 is 10.2 Å². The molecular weight excluding hydrogens is 411 g/mol. The minimum atomic E-state index is -0.245. The molecule has 5 nitrogen and oxygen atoms in total. The first kappa shape index (κ1) is 20.1. The minimum Gasteiger partial charge on any atom is -0.361 e. The third kappa shape index (κ3) is 4.19. The molecular formula is C24H25FN4OS. The molecule has 1 aromatic carbocycles. The molecule has 0 spiro atoms. The predicted molar refractivity (Wildman–Crippen MR) is 121 cm³/mol. The monoisotopic (exact) mass is 436 g/mol. The molecule has 1 aliphatic heterocycles. The number of hydrogen-bond acceptors (Lipinski definition) is 5. The van der Waals surface area contributed by atoms with Crippen LogP contribution < -0.4 is 5.32 Å². The highest BCUT2D eigenvalue weighted by atomic mass is 32.1. The highest BCUT2D eigenvalue weighted by molar-refractivity contribution is 7.15. The number of aryl methyl sites for hydroxylation is 1. The van der Waals surface area contributed by atoms with Gasteiger partial charge in [0.1, 0.15) is 16.6 Å². The van der Waals surface area contributed by atoms with Gasteiger partial charge in [0.05, 0.1) is 17.3 Å². The number of pyridine rings is 1. The van der Waals surface area contributed by atoms with Crippen LogP contribution in [0.5, 0.6) is 0 Å². The van der Waals surface area contributed by atoms with E-state index in [4.69, 9.17) is 4.98 Å². The predicted octanol–water partition coefficient (Wildman–Crippen LogP) is 5.46. The van der Waals surface area contributed by atoms with Crippen LogP contribution in [0.15, 0.2) is 42.6 Å². The standard InChI is InChI=1S/C24H25FN4OS/c25-17-11-9-16(10-12-17)23-28-21-19(7-4-8-20(21)31-23)27-22-18(6-5-13-26-22)24(30)29-14-2-1-3-15-29/h5-6,9-13,19H,1-4,7-8,14-15H2,(H,26,27). The average Bonchev–Trinajstić information content (AvgIpc) is 3.25. The smallest absolute Gasteiger partial charge is 0.257 e. The zero-order valence-electron chi connectivity index (χ0n) is 17.3. The number of rotatable bonds is 4. The van der Waals surface area contributed by atoms with Crippen molar-refractivity contribution in [1.29, 1.82) is 0 Å². The van der Waals surface area contributed by atoms with E-state index in [0.717, 1.165) is 61.5 Å². The fraction of sp³-hybridized carbons (Fsp3) is 0.375. The van der Waals surface area contributed by atoms with Crippen molar-refractivity contribution < 1.29 is 9.18 Å². The molecule has 2 aliphatic rings. The molecule has 0 bridgehead atoms. The highest BCUT2D eigenvalue weighted by Crippen LogP contribution is 2.39. The van der Waals surface area contributed by atoms with Crippen LogP contribution in [-0.2, 0) is 6.42 Å². The largest absolute Gasteiger partial charge is 0.361 e. The van der Waals surface area contributed by atoms with Crippen LogP contribution in [0.4, 0.5) is 10.2 Å². The van der Waals surface area contributed by atoms with E-state index in [2.05, 4.69) is 10.3 Å². The summed E-state index contributed by atoms with van der Waals surface area (Å²) < 4.78 is 13.3. The summed E-state index contributed by atoms with van der Waals surface area (Å²) in [6, 6.07) is 10.2. The van der Waals surface area contributed by atoms with Crippen molar-refractivity contribution in [3.05, 3.63) is 64.5 Å². The molecule has 3 aromatic rings. The van der Waals surface area contributed by atoms with E-state index >= 15 is 0 Å². The van der Waals surface area contributed by atoms with Crippen molar-refractivity contribution in [2.75, 3.05) is 18.4 Å². The number of aromatic nitrogens is 2. The maximum atomic E-state index is 13.3. The molecule has 0 radical (unpaired) electrons. The van der Waals surface area contributed by atoms with Gasteiger partial charge in [-0.05, 0) is 74.9 Å². The SMILES string of the molecule is O=C(c1cccnc1NC1CCCc2sc(-c3ccc(F)cc3)nc21)N1CCCCC1. The Morgan fingerprint density at radius 1 is 1.10 bits per heavy atom. The van der Waals surface area contributed by atoms with Gasteiger partial charge in [-0.25, -0.2) is 14.4 Å². The lowest BCUT2D eigenvalue weighted by Crippen LogP contribution is -2.36. The molecule has 0 saturated carbocycles. The van der Waals surface area contributed by atoms with Gasteiger partial charge >= 0.3 is 0 Å². The fourth-order valence-corrected chi connectivity index (χ4v) is 5.57. The number of piperidine rings is 1. The second-order valence-electron chi connectivity index (χ2n) is 8.18. The van der Waals surface area contributed by atoms with Gasteiger partial charge in [0.25, 0.3) is 5.91 Å². The van der Waals surface area contributed by atoms with Crippen LogP contribution in [0.25, 0.3) is 10.6 Å². The summed E-state index contributed by atoms with van der Waals surface area (Å²) >= 11 is 1.67. The van der Waals surface area contributed by atoms with E-state index in [-0.39, 0.29) is 17.8 Å². The lowest BCUT2D eigenvalue weighted by atomic mass is 9.97. The average molecular weight is 437 g/mol.